The molecule has 0 unspecified atom stereocenters. The summed E-state index contributed by atoms with van der Waals surface area (Å²) in [5, 5.41) is 23.1. The first-order valence-corrected chi connectivity index (χ1v) is 11.0. The van der Waals surface area contributed by atoms with Gasteiger partial charge in [-0.3, -0.25) is 24.6 Å². The van der Waals surface area contributed by atoms with Gasteiger partial charge in [0.25, 0.3) is 11.6 Å². The zero-order chi connectivity index (χ0) is 23.5. The Balaban J connectivity index is 1.31. The third-order valence-corrected chi connectivity index (χ3v) is 6.20. The molecule has 2 aromatic carbocycles. The van der Waals surface area contributed by atoms with Crippen LogP contribution in [0.2, 0.25) is 0 Å². The van der Waals surface area contributed by atoms with Gasteiger partial charge in [-0.2, -0.15) is 0 Å². The van der Waals surface area contributed by atoms with Gasteiger partial charge in [-0.05, 0) is 36.3 Å². The quantitative estimate of drug-likeness (QED) is 0.197. The van der Waals surface area contributed by atoms with Crippen molar-refractivity contribution >= 4 is 57.6 Å². The topological polar surface area (TPSA) is 131 Å². The second-order valence-corrected chi connectivity index (χ2v) is 8.73. The minimum absolute atomic E-state index is 0.0642. The van der Waals surface area contributed by atoms with E-state index in [1.54, 1.807) is 18.2 Å². The Morgan fingerprint density at radius 1 is 1.27 bits per heavy atom. The van der Waals surface area contributed by atoms with E-state index >= 15 is 0 Å². The summed E-state index contributed by atoms with van der Waals surface area (Å²) < 4.78 is 11.0. The summed E-state index contributed by atoms with van der Waals surface area (Å²) in [6, 6.07) is 8.78. The molecule has 2 amide bonds. The number of anilines is 1. The van der Waals surface area contributed by atoms with Crippen molar-refractivity contribution in [2.45, 2.75) is 12.8 Å². The van der Waals surface area contributed by atoms with Crippen molar-refractivity contribution in [3.63, 3.8) is 0 Å². The molecule has 2 heterocycles. The Hall–Kier alpha value is -3.64. The Morgan fingerprint density at radius 2 is 2.06 bits per heavy atom. The zero-order valence-electron chi connectivity index (χ0n) is 17.0. The number of nitrogens with zero attached hydrogens (tertiary/aromatic N) is 2. The highest BCUT2D eigenvalue weighted by Gasteiger charge is 2.31. The van der Waals surface area contributed by atoms with E-state index in [0.717, 1.165) is 11.6 Å². The van der Waals surface area contributed by atoms with Gasteiger partial charge >= 0.3 is 0 Å². The average Bonchev–Trinajstić information content (AvgIpc) is 3.34. The van der Waals surface area contributed by atoms with E-state index in [4.69, 9.17) is 21.7 Å². The van der Waals surface area contributed by atoms with E-state index < -0.39 is 16.6 Å². The Labute approximate surface area is 197 Å². The lowest BCUT2D eigenvalue weighted by Crippen LogP contribution is -2.29. The minimum Gasteiger partial charge on any atom is -0.506 e. The van der Waals surface area contributed by atoms with Gasteiger partial charge in [-0.15, -0.1) is 0 Å². The molecule has 2 N–H and O–H groups in total. The standard InChI is InChI=1S/C21H17N3O7S2/c25-15-10-13(24(28)29)4-5-14(15)22-19(26)2-1-7-23-20(27)18(33-21(23)32)9-12-3-6-16-17(8-12)31-11-30-16/h3-6,8-10,25H,1-2,7,11H2,(H,22,26)/b18-9+. The molecule has 170 valence electrons. The predicted octanol–water partition coefficient (Wildman–Crippen LogP) is 3.65. The first kappa shape index (κ1) is 22.6. The molecule has 1 saturated heterocycles. The van der Waals surface area contributed by atoms with Crippen LogP contribution in [0.5, 0.6) is 17.2 Å². The molecule has 33 heavy (non-hydrogen) atoms. The van der Waals surface area contributed by atoms with Crippen LogP contribution < -0.4 is 14.8 Å². The van der Waals surface area contributed by atoms with Crippen LogP contribution in [0, 0.1) is 10.1 Å². The molecule has 0 aliphatic carbocycles. The Bertz CT molecular complexity index is 1200. The van der Waals surface area contributed by atoms with Gasteiger partial charge in [-0.1, -0.05) is 30.0 Å². The molecule has 2 aliphatic heterocycles. The van der Waals surface area contributed by atoms with E-state index in [9.17, 15) is 24.8 Å². The highest BCUT2D eigenvalue weighted by Crippen LogP contribution is 2.36. The van der Waals surface area contributed by atoms with Gasteiger partial charge in [0.1, 0.15) is 10.1 Å². The third kappa shape index (κ3) is 5.07. The molecule has 2 aliphatic rings. The first-order valence-electron chi connectivity index (χ1n) is 9.74. The molecular formula is C21H17N3O7S2. The number of carbonyl (C=O) groups is 2. The number of ether oxygens (including phenoxy) is 2. The number of nitrogens with one attached hydrogen (secondary N) is 1. The largest absolute Gasteiger partial charge is 0.506 e. The molecule has 2 aromatic rings. The summed E-state index contributed by atoms with van der Waals surface area (Å²) in [7, 11) is 0. The fraction of sp³-hybridized carbons (Fsp3) is 0.190. The molecule has 1 fully saturated rings. The molecule has 0 bridgehead atoms. The molecule has 10 nitrogen and oxygen atoms in total. The van der Waals surface area contributed by atoms with E-state index in [1.165, 1.54) is 28.8 Å². The number of non-ortho nitro benzene ring substituents is 1. The fourth-order valence-corrected chi connectivity index (χ4v) is 4.51. The number of aromatic hydroxyl groups is 1. The van der Waals surface area contributed by atoms with Crippen molar-refractivity contribution < 1.29 is 29.1 Å². The van der Waals surface area contributed by atoms with Crippen LogP contribution in [0.3, 0.4) is 0 Å². The van der Waals surface area contributed by atoms with Gasteiger partial charge in [0.2, 0.25) is 12.7 Å². The van der Waals surface area contributed by atoms with Crippen LogP contribution in [0.1, 0.15) is 18.4 Å². The number of phenolic OH excluding ortho intramolecular Hbond substituents is 1. The normalized spacial score (nSPS) is 15.9. The maximum absolute atomic E-state index is 12.8. The molecule has 0 saturated carbocycles. The van der Waals surface area contributed by atoms with Gasteiger partial charge in [0.05, 0.1) is 21.6 Å². The van der Waals surface area contributed by atoms with Crippen LogP contribution >= 0.6 is 24.0 Å². The number of fused-ring (bicyclic) bond motifs is 1. The van der Waals surface area contributed by atoms with E-state index in [0.29, 0.717) is 27.1 Å². The average molecular weight is 488 g/mol. The lowest BCUT2D eigenvalue weighted by atomic mass is 10.2. The molecule has 12 heteroatoms. The van der Waals surface area contributed by atoms with E-state index in [2.05, 4.69) is 5.32 Å². The van der Waals surface area contributed by atoms with Crippen LogP contribution in [-0.2, 0) is 9.59 Å². The second kappa shape index (κ2) is 9.46. The fourth-order valence-electron chi connectivity index (χ4n) is 3.20. The van der Waals surface area contributed by atoms with Gasteiger partial charge in [-0.25, -0.2) is 0 Å². The van der Waals surface area contributed by atoms with E-state index in [1.807, 2.05) is 6.07 Å². The number of hydrogen-bond donors (Lipinski definition) is 2. The lowest BCUT2D eigenvalue weighted by molar-refractivity contribution is -0.384. The number of rotatable bonds is 7. The third-order valence-electron chi connectivity index (χ3n) is 4.82. The predicted molar refractivity (Wildman–Crippen MR) is 125 cm³/mol. The number of thioether (sulfide) groups is 1. The van der Waals surface area contributed by atoms with Gasteiger partial charge < -0.3 is 19.9 Å². The lowest BCUT2D eigenvalue weighted by Gasteiger charge is -2.14. The number of amides is 2. The Morgan fingerprint density at radius 3 is 2.82 bits per heavy atom. The number of benzene rings is 2. The number of carbonyl (C=O) groups excluding carboxylic acids is 2. The number of phenols is 1. The summed E-state index contributed by atoms with van der Waals surface area (Å²) in [5.74, 6) is 0.226. The monoisotopic (exact) mass is 487 g/mol. The van der Waals surface area contributed by atoms with Crippen molar-refractivity contribution in [3.05, 3.63) is 57.0 Å². The number of thiocarbonyl (C=S) groups is 1. The summed E-state index contributed by atoms with van der Waals surface area (Å²) in [6.07, 6.45) is 2.13. The minimum atomic E-state index is -0.644. The highest BCUT2D eigenvalue weighted by molar-refractivity contribution is 8.26. The van der Waals surface area contributed by atoms with Crippen LogP contribution in [-0.4, -0.2) is 44.4 Å². The smallest absolute Gasteiger partial charge is 0.273 e. The highest BCUT2D eigenvalue weighted by atomic mass is 32.2. The van der Waals surface area contributed by atoms with Gasteiger partial charge in [0.15, 0.2) is 11.5 Å². The molecule has 4 rings (SSSR count). The Kier molecular flexibility index (Phi) is 6.47. The van der Waals surface area contributed by atoms with Gasteiger partial charge in [0, 0.05) is 19.0 Å². The zero-order valence-corrected chi connectivity index (χ0v) is 18.6. The molecule has 0 aromatic heterocycles. The molecule has 0 atom stereocenters. The summed E-state index contributed by atoms with van der Waals surface area (Å²) in [4.78, 5) is 36.9. The molecular weight excluding hydrogens is 470 g/mol. The maximum atomic E-state index is 12.8. The van der Waals surface area contributed by atoms with Crippen molar-refractivity contribution in [1.29, 1.82) is 0 Å². The number of nitro benzene ring substituents is 1. The van der Waals surface area contributed by atoms with Crippen LogP contribution in [0.15, 0.2) is 41.3 Å². The van der Waals surface area contributed by atoms with Crippen molar-refractivity contribution in [2.75, 3.05) is 18.7 Å². The summed E-state index contributed by atoms with van der Waals surface area (Å²) in [5.41, 5.74) is 0.568. The second-order valence-electron chi connectivity index (χ2n) is 7.06. The number of nitro groups is 1. The van der Waals surface area contributed by atoms with Crippen LogP contribution in [0.25, 0.3) is 6.08 Å². The van der Waals surface area contributed by atoms with E-state index in [-0.39, 0.29) is 37.0 Å². The maximum Gasteiger partial charge on any atom is 0.273 e. The molecule has 0 radical (unpaired) electrons. The SMILES string of the molecule is O=C(CCCN1C(=O)/C(=C\c2ccc3c(c2)OCO3)SC1=S)Nc1ccc([N+](=O)[O-])cc1O. The summed E-state index contributed by atoms with van der Waals surface area (Å²) >= 11 is 6.50. The van der Waals surface area contributed by atoms with Crippen molar-refractivity contribution in [2.24, 2.45) is 0 Å². The number of hydrogen-bond acceptors (Lipinski definition) is 9. The summed E-state index contributed by atoms with van der Waals surface area (Å²) in [6.45, 7) is 0.418. The van der Waals surface area contributed by atoms with Crippen molar-refractivity contribution in [3.8, 4) is 17.2 Å². The van der Waals surface area contributed by atoms with Crippen LogP contribution in [0.4, 0.5) is 11.4 Å². The first-order chi connectivity index (χ1) is 15.8. The van der Waals surface area contributed by atoms with Crippen molar-refractivity contribution in [1.82, 2.24) is 4.90 Å². The molecule has 0 spiro atoms.